The highest BCUT2D eigenvalue weighted by Crippen LogP contribution is 2.53. The van der Waals surface area contributed by atoms with Crippen molar-refractivity contribution in [3.63, 3.8) is 0 Å². The van der Waals surface area contributed by atoms with Crippen LogP contribution in [0, 0.1) is 11.8 Å². The van der Waals surface area contributed by atoms with Crippen LogP contribution in [-0.4, -0.2) is 11.2 Å². The van der Waals surface area contributed by atoms with Crippen molar-refractivity contribution in [2.45, 2.75) is 72.1 Å². The first-order chi connectivity index (χ1) is 14.6. The molecule has 0 amide bonds. The SMILES string of the molecule is CCOc1ccc(C(C)(C)c2cc3c(C(C)C)cc(C4CC4C(C)C)cc3n2C)cc1. The van der Waals surface area contributed by atoms with Crippen LogP contribution in [0.1, 0.15) is 89.1 Å². The van der Waals surface area contributed by atoms with E-state index in [-0.39, 0.29) is 5.41 Å². The summed E-state index contributed by atoms with van der Waals surface area (Å²) in [4.78, 5) is 0. The molecule has 2 nitrogen and oxygen atoms in total. The van der Waals surface area contributed by atoms with E-state index >= 15 is 0 Å². The summed E-state index contributed by atoms with van der Waals surface area (Å²) in [5.41, 5.74) is 7.00. The number of rotatable bonds is 7. The van der Waals surface area contributed by atoms with Crippen LogP contribution in [-0.2, 0) is 12.5 Å². The van der Waals surface area contributed by atoms with Crippen LogP contribution < -0.4 is 4.74 Å². The van der Waals surface area contributed by atoms with Gasteiger partial charge in [-0.05, 0) is 78.0 Å². The Kier molecular flexibility index (Phi) is 5.70. The van der Waals surface area contributed by atoms with Gasteiger partial charge in [0.15, 0.2) is 0 Å². The molecular formula is C29H39NO. The Bertz CT molecular complexity index is 1070. The predicted molar refractivity (Wildman–Crippen MR) is 132 cm³/mol. The van der Waals surface area contributed by atoms with Crippen molar-refractivity contribution in [2.24, 2.45) is 18.9 Å². The third kappa shape index (κ3) is 3.90. The van der Waals surface area contributed by atoms with Crippen LogP contribution in [0.25, 0.3) is 10.9 Å². The molecule has 0 aliphatic heterocycles. The van der Waals surface area contributed by atoms with Crippen molar-refractivity contribution in [1.82, 2.24) is 4.57 Å². The lowest BCUT2D eigenvalue weighted by Crippen LogP contribution is -2.22. The van der Waals surface area contributed by atoms with Gasteiger partial charge in [-0.25, -0.2) is 0 Å². The Labute approximate surface area is 188 Å². The zero-order valence-corrected chi connectivity index (χ0v) is 20.6. The van der Waals surface area contributed by atoms with Crippen molar-refractivity contribution in [2.75, 3.05) is 6.61 Å². The molecule has 0 N–H and O–H groups in total. The first kappa shape index (κ1) is 22.0. The molecule has 2 heteroatoms. The quantitative estimate of drug-likeness (QED) is 0.383. The molecule has 31 heavy (non-hydrogen) atoms. The molecule has 3 aromatic rings. The maximum Gasteiger partial charge on any atom is 0.119 e. The van der Waals surface area contributed by atoms with Crippen molar-refractivity contribution in [1.29, 1.82) is 0 Å². The lowest BCUT2D eigenvalue weighted by molar-refractivity contribution is 0.340. The summed E-state index contributed by atoms with van der Waals surface area (Å²) in [6.45, 7) is 16.8. The van der Waals surface area contributed by atoms with E-state index in [0.717, 1.165) is 23.5 Å². The maximum atomic E-state index is 5.65. The highest BCUT2D eigenvalue weighted by atomic mass is 16.5. The lowest BCUT2D eigenvalue weighted by Gasteiger charge is -2.27. The topological polar surface area (TPSA) is 14.2 Å². The molecule has 2 atom stereocenters. The lowest BCUT2D eigenvalue weighted by atomic mass is 9.81. The number of hydrogen-bond acceptors (Lipinski definition) is 1. The Hall–Kier alpha value is -2.22. The summed E-state index contributed by atoms with van der Waals surface area (Å²) < 4.78 is 8.09. The van der Waals surface area contributed by atoms with E-state index in [1.165, 1.54) is 34.1 Å². The Morgan fingerprint density at radius 1 is 1.03 bits per heavy atom. The Balaban J connectivity index is 1.80. The number of ether oxygens (including phenoxy) is 1. The monoisotopic (exact) mass is 417 g/mol. The van der Waals surface area contributed by atoms with Gasteiger partial charge in [-0.2, -0.15) is 0 Å². The minimum absolute atomic E-state index is 0.0903. The van der Waals surface area contributed by atoms with E-state index in [1.807, 2.05) is 6.92 Å². The van der Waals surface area contributed by atoms with Gasteiger partial charge in [-0.1, -0.05) is 59.7 Å². The highest BCUT2D eigenvalue weighted by molar-refractivity contribution is 5.87. The van der Waals surface area contributed by atoms with Crippen LogP contribution in [0.15, 0.2) is 42.5 Å². The molecule has 0 radical (unpaired) electrons. The standard InChI is InChI=1S/C29H39NO/c1-9-31-22-12-10-21(11-13-22)29(6,7)28-17-26-23(18(2)3)14-20(15-27(26)30(28)8)25-16-24(25)19(4)5/h10-15,17-19,24-25H,9,16H2,1-8H3. The van der Waals surface area contributed by atoms with Crippen LogP contribution in [0.5, 0.6) is 5.75 Å². The third-order valence-corrected chi connectivity index (χ3v) is 7.49. The second-order valence-corrected chi connectivity index (χ2v) is 10.6. The molecule has 1 aliphatic rings. The van der Waals surface area contributed by atoms with E-state index in [1.54, 1.807) is 5.56 Å². The van der Waals surface area contributed by atoms with Crippen molar-refractivity contribution >= 4 is 10.9 Å². The number of benzene rings is 2. The van der Waals surface area contributed by atoms with Crippen LogP contribution in [0.2, 0.25) is 0 Å². The van der Waals surface area contributed by atoms with Crippen LogP contribution in [0.4, 0.5) is 0 Å². The normalized spacial score (nSPS) is 18.9. The van der Waals surface area contributed by atoms with Crippen molar-refractivity contribution in [3.8, 4) is 5.75 Å². The van der Waals surface area contributed by atoms with E-state index in [2.05, 4.69) is 95.6 Å². The van der Waals surface area contributed by atoms with Gasteiger partial charge in [0.1, 0.15) is 5.75 Å². The third-order valence-electron chi connectivity index (χ3n) is 7.49. The maximum absolute atomic E-state index is 5.65. The molecule has 2 aromatic carbocycles. The number of fused-ring (bicyclic) bond motifs is 1. The zero-order valence-electron chi connectivity index (χ0n) is 20.6. The van der Waals surface area contributed by atoms with Crippen LogP contribution in [0.3, 0.4) is 0 Å². The molecule has 2 unspecified atom stereocenters. The fourth-order valence-electron chi connectivity index (χ4n) is 5.39. The van der Waals surface area contributed by atoms with Gasteiger partial charge in [-0.15, -0.1) is 0 Å². The van der Waals surface area contributed by atoms with E-state index in [9.17, 15) is 0 Å². The summed E-state index contributed by atoms with van der Waals surface area (Å²) in [6.07, 6.45) is 1.34. The van der Waals surface area contributed by atoms with Crippen molar-refractivity contribution in [3.05, 3.63) is 64.8 Å². The van der Waals surface area contributed by atoms with Gasteiger partial charge in [0.2, 0.25) is 0 Å². The van der Waals surface area contributed by atoms with Crippen LogP contribution >= 0.6 is 0 Å². The van der Waals surface area contributed by atoms with E-state index in [0.29, 0.717) is 12.5 Å². The molecule has 0 bridgehead atoms. The molecule has 1 aromatic heterocycles. The summed E-state index contributed by atoms with van der Waals surface area (Å²) >= 11 is 0. The summed E-state index contributed by atoms with van der Waals surface area (Å²) in [5, 5.41) is 1.41. The van der Waals surface area contributed by atoms with Gasteiger partial charge in [0.05, 0.1) is 6.61 Å². The van der Waals surface area contributed by atoms with Crippen molar-refractivity contribution < 1.29 is 4.74 Å². The van der Waals surface area contributed by atoms with Gasteiger partial charge >= 0.3 is 0 Å². The summed E-state index contributed by atoms with van der Waals surface area (Å²) in [7, 11) is 2.24. The number of hydrogen-bond donors (Lipinski definition) is 0. The Morgan fingerprint density at radius 2 is 1.71 bits per heavy atom. The molecule has 0 spiro atoms. The molecule has 1 heterocycles. The first-order valence-electron chi connectivity index (χ1n) is 12.0. The molecule has 1 aliphatic carbocycles. The smallest absolute Gasteiger partial charge is 0.119 e. The number of aromatic nitrogens is 1. The van der Waals surface area contributed by atoms with E-state index < -0.39 is 0 Å². The first-order valence-corrected chi connectivity index (χ1v) is 12.0. The average Bonchev–Trinajstić information content (AvgIpc) is 3.46. The second kappa shape index (κ2) is 8.04. The highest BCUT2D eigenvalue weighted by Gasteiger charge is 2.40. The predicted octanol–water partition coefficient (Wildman–Crippen LogP) is 7.79. The van der Waals surface area contributed by atoms with Gasteiger partial charge < -0.3 is 9.30 Å². The van der Waals surface area contributed by atoms with Gasteiger partial charge in [-0.3, -0.25) is 0 Å². The number of nitrogens with zero attached hydrogens (tertiary/aromatic N) is 1. The zero-order chi connectivity index (χ0) is 22.5. The molecule has 166 valence electrons. The largest absolute Gasteiger partial charge is 0.494 e. The fourth-order valence-corrected chi connectivity index (χ4v) is 5.39. The summed E-state index contributed by atoms with van der Waals surface area (Å²) in [5.74, 6) is 3.81. The molecular weight excluding hydrogens is 378 g/mol. The number of aryl methyl sites for hydroxylation is 1. The minimum atomic E-state index is -0.0903. The summed E-state index contributed by atoms with van der Waals surface area (Å²) in [6, 6.07) is 16.1. The molecule has 4 rings (SSSR count). The fraction of sp³-hybridized carbons (Fsp3) is 0.517. The van der Waals surface area contributed by atoms with E-state index in [4.69, 9.17) is 4.74 Å². The minimum Gasteiger partial charge on any atom is -0.494 e. The molecule has 1 saturated carbocycles. The molecule has 0 saturated heterocycles. The molecule has 1 fully saturated rings. The van der Waals surface area contributed by atoms with Gasteiger partial charge in [0.25, 0.3) is 0 Å². The average molecular weight is 418 g/mol. The second-order valence-electron chi connectivity index (χ2n) is 10.6. The van der Waals surface area contributed by atoms with Gasteiger partial charge in [0, 0.05) is 29.1 Å². The Morgan fingerprint density at radius 3 is 2.26 bits per heavy atom.